The second-order valence-electron chi connectivity index (χ2n) is 4.36. The number of benzene rings is 1. The third-order valence-corrected chi connectivity index (χ3v) is 3.19. The third kappa shape index (κ3) is 2.03. The number of aromatic hydroxyl groups is 1. The monoisotopic (exact) mass is 271 g/mol. The number of amidine groups is 1. The molecule has 0 saturated heterocycles. The van der Waals surface area contributed by atoms with Crippen molar-refractivity contribution in [3.63, 3.8) is 0 Å². The maximum absolute atomic E-state index is 11.6. The van der Waals surface area contributed by atoms with Crippen LogP contribution in [0, 0.1) is 17.2 Å². The van der Waals surface area contributed by atoms with E-state index in [-0.39, 0.29) is 23.0 Å². The molecule has 7 nitrogen and oxygen atoms in total. The molecule has 1 aliphatic rings. The number of hydrogen-bond acceptors (Lipinski definition) is 6. The van der Waals surface area contributed by atoms with E-state index in [1.165, 1.54) is 6.07 Å². The first-order chi connectivity index (χ1) is 9.47. The molecule has 0 saturated carbocycles. The fraction of sp³-hybridized carbons (Fsp3) is 0.154. The Balaban J connectivity index is 2.68. The number of nitriles is 1. The molecule has 2 rings (SSSR count). The van der Waals surface area contributed by atoms with E-state index in [0.717, 1.165) is 0 Å². The molecule has 1 aliphatic heterocycles. The van der Waals surface area contributed by atoms with Crippen LogP contribution in [0.2, 0.25) is 0 Å². The Labute approximate surface area is 115 Å². The predicted molar refractivity (Wildman–Crippen MR) is 72.0 cm³/mol. The van der Waals surface area contributed by atoms with Gasteiger partial charge in [0, 0.05) is 11.5 Å². The summed E-state index contributed by atoms with van der Waals surface area (Å²) in [4.78, 5) is 15.4. The molecule has 1 amide bonds. The van der Waals surface area contributed by atoms with Crippen LogP contribution < -0.4 is 17.2 Å². The number of phenolic OH excluding ortho intramolecular Hbond substituents is 1. The number of carbonyl (C=O) groups excluding carboxylic acids is 1. The van der Waals surface area contributed by atoms with Crippen molar-refractivity contribution < 1.29 is 9.90 Å². The highest BCUT2D eigenvalue weighted by molar-refractivity contribution is 6.04. The van der Waals surface area contributed by atoms with E-state index in [2.05, 4.69) is 4.99 Å². The first-order valence-corrected chi connectivity index (χ1v) is 5.78. The Morgan fingerprint density at radius 1 is 1.35 bits per heavy atom. The minimum Gasteiger partial charge on any atom is -0.508 e. The number of rotatable bonds is 2. The fourth-order valence-electron chi connectivity index (χ4n) is 2.29. The van der Waals surface area contributed by atoms with Crippen LogP contribution in [0.1, 0.15) is 11.5 Å². The molecule has 2 atom stereocenters. The molecular formula is C13H13N5O2. The second kappa shape index (κ2) is 4.93. The summed E-state index contributed by atoms with van der Waals surface area (Å²) >= 11 is 0. The summed E-state index contributed by atoms with van der Waals surface area (Å²) in [6.07, 6.45) is 0. The zero-order chi connectivity index (χ0) is 14.9. The summed E-state index contributed by atoms with van der Waals surface area (Å²) in [5.41, 5.74) is 17.1. The van der Waals surface area contributed by atoms with E-state index in [1.807, 2.05) is 6.07 Å². The van der Waals surface area contributed by atoms with Gasteiger partial charge in [-0.05, 0) is 6.07 Å². The van der Waals surface area contributed by atoms with Gasteiger partial charge in [0.15, 0.2) is 0 Å². The van der Waals surface area contributed by atoms with Crippen molar-refractivity contribution in [1.82, 2.24) is 0 Å². The normalized spacial score (nSPS) is 22.1. The molecular weight excluding hydrogens is 258 g/mol. The van der Waals surface area contributed by atoms with Gasteiger partial charge < -0.3 is 22.3 Å². The maximum atomic E-state index is 11.6. The highest BCUT2D eigenvalue weighted by Gasteiger charge is 2.39. The quantitative estimate of drug-likeness (QED) is 0.579. The number of allylic oxidation sites excluding steroid dienone is 1. The zero-order valence-corrected chi connectivity index (χ0v) is 10.4. The summed E-state index contributed by atoms with van der Waals surface area (Å²) in [7, 11) is 0. The van der Waals surface area contributed by atoms with E-state index < -0.39 is 17.7 Å². The van der Waals surface area contributed by atoms with E-state index in [9.17, 15) is 15.2 Å². The second-order valence-corrected chi connectivity index (χ2v) is 4.36. The van der Waals surface area contributed by atoms with Gasteiger partial charge in [-0.2, -0.15) is 5.26 Å². The molecule has 7 heteroatoms. The topological polar surface area (TPSA) is 152 Å². The van der Waals surface area contributed by atoms with E-state index in [0.29, 0.717) is 5.56 Å². The number of carbonyl (C=O) groups is 1. The molecule has 1 aromatic carbocycles. The highest BCUT2D eigenvalue weighted by Crippen LogP contribution is 2.39. The van der Waals surface area contributed by atoms with Crippen LogP contribution in [0.3, 0.4) is 0 Å². The number of hydrogen-bond donors (Lipinski definition) is 4. The molecule has 102 valence electrons. The smallest absolute Gasteiger partial charge is 0.229 e. The Morgan fingerprint density at radius 3 is 2.55 bits per heavy atom. The van der Waals surface area contributed by atoms with E-state index in [1.54, 1.807) is 18.2 Å². The SMILES string of the molecule is N#CC1=C(N)N=C(N)C(C(N)=O)C1c1ccccc1O. The van der Waals surface area contributed by atoms with Crippen molar-refractivity contribution in [3.05, 3.63) is 41.2 Å². The van der Waals surface area contributed by atoms with Crippen molar-refractivity contribution in [2.75, 3.05) is 0 Å². The van der Waals surface area contributed by atoms with Gasteiger partial charge in [-0.3, -0.25) is 4.79 Å². The number of nitrogens with zero attached hydrogens (tertiary/aromatic N) is 2. The Morgan fingerprint density at radius 2 is 2.00 bits per heavy atom. The standard InChI is InChI=1S/C13H13N5O2/c14-5-7-9(6-3-1-2-4-8(6)19)10(13(17)20)12(16)18-11(7)15/h1-4,9-10,19H,15H2,(H2,16,18)(H2,17,20). The van der Waals surface area contributed by atoms with Crippen LogP contribution in [0.4, 0.5) is 0 Å². The van der Waals surface area contributed by atoms with Crippen LogP contribution in [-0.4, -0.2) is 16.8 Å². The van der Waals surface area contributed by atoms with Gasteiger partial charge in [0.2, 0.25) is 5.91 Å². The number of aliphatic imine (C=N–C) groups is 1. The van der Waals surface area contributed by atoms with E-state index >= 15 is 0 Å². The summed E-state index contributed by atoms with van der Waals surface area (Å²) in [6, 6.07) is 8.22. The zero-order valence-electron chi connectivity index (χ0n) is 10.4. The lowest BCUT2D eigenvalue weighted by Crippen LogP contribution is -2.42. The van der Waals surface area contributed by atoms with Gasteiger partial charge in [-0.15, -0.1) is 0 Å². The first-order valence-electron chi connectivity index (χ1n) is 5.78. The molecule has 0 bridgehead atoms. The Hall–Kier alpha value is -3.01. The average Bonchev–Trinajstić information content (AvgIpc) is 2.38. The van der Waals surface area contributed by atoms with Gasteiger partial charge >= 0.3 is 0 Å². The maximum Gasteiger partial charge on any atom is 0.229 e. The van der Waals surface area contributed by atoms with Crippen molar-refractivity contribution in [3.8, 4) is 11.8 Å². The average molecular weight is 271 g/mol. The summed E-state index contributed by atoms with van der Waals surface area (Å²) in [5, 5.41) is 19.2. The van der Waals surface area contributed by atoms with Crippen LogP contribution in [0.15, 0.2) is 40.7 Å². The lowest BCUT2D eigenvalue weighted by molar-refractivity contribution is -0.120. The molecule has 1 heterocycles. The fourth-order valence-corrected chi connectivity index (χ4v) is 2.29. The van der Waals surface area contributed by atoms with Gasteiger partial charge in [0.1, 0.15) is 23.3 Å². The van der Waals surface area contributed by atoms with Gasteiger partial charge in [-0.25, -0.2) is 4.99 Å². The number of para-hydroxylation sites is 1. The van der Waals surface area contributed by atoms with E-state index in [4.69, 9.17) is 17.2 Å². The molecule has 7 N–H and O–H groups in total. The van der Waals surface area contributed by atoms with Crippen molar-refractivity contribution in [2.24, 2.45) is 28.1 Å². The summed E-state index contributed by atoms with van der Waals surface area (Å²) in [5.74, 6) is -2.81. The molecule has 0 fully saturated rings. The number of amides is 1. The minimum atomic E-state index is -1.02. The van der Waals surface area contributed by atoms with Crippen molar-refractivity contribution in [1.29, 1.82) is 5.26 Å². The molecule has 0 aromatic heterocycles. The Kier molecular flexibility index (Phi) is 3.31. The van der Waals surface area contributed by atoms with Gasteiger partial charge in [0.25, 0.3) is 0 Å². The molecule has 1 aromatic rings. The number of phenols is 1. The number of primary amides is 1. The molecule has 0 spiro atoms. The summed E-state index contributed by atoms with van der Waals surface area (Å²) in [6.45, 7) is 0. The Bertz CT molecular complexity index is 672. The highest BCUT2D eigenvalue weighted by atomic mass is 16.3. The molecule has 2 unspecified atom stereocenters. The van der Waals surface area contributed by atoms with Crippen molar-refractivity contribution in [2.45, 2.75) is 5.92 Å². The largest absolute Gasteiger partial charge is 0.508 e. The van der Waals surface area contributed by atoms with Crippen LogP contribution in [0.5, 0.6) is 5.75 Å². The van der Waals surface area contributed by atoms with Crippen LogP contribution in [0.25, 0.3) is 0 Å². The third-order valence-electron chi connectivity index (χ3n) is 3.19. The van der Waals surface area contributed by atoms with Crippen molar-refractivity contribution >= 4 is 11.7 Å². The van der Waals surface area contributed by atoms with Gasteiger partial charge in [-0.1, -0.05) is 18.2 Å². The van der Waals surface area contributed by atoms with Gasteiger partial charge in [0.05, 0.1) is 11.6 Å². The molecule has 0 radical (unpaired) electrons. The molecule has 20 heavy (non-hydrogen) atoms. The van der Waals surface area contributed by atoms with Crippen LogP contribution >= 0.6 is 0 Å². The molecule has 0 aliphatic carbocycles. The lowest BCUT2D eigenvalue weighted by atomic mass is 9.77. The minimum absolute atomic E-state index is 0.0597. The van der Waals surface area contributed by atoms with Crippen LogP contribution in [-0.2, 0) is 4.79 Å². The summed E-state index contributed by atoms with van der Waals surface area (Å²) < 4.78 is 0. The first kappa shape index (κ1) is 13.4. The lowest BCUT2D eigenvalue weighted by Gasteiger charge is -2.28. The predicted octanol–water partition coefficient (Wildman–Crippen LogP) is -0.358. The number of nitrogens with two attached hydrogens (primary N) is 3.